The highest BCUT2D eigenvalue weighted by molar-refractivity contribution is 7.15. The zero-order chi connectivity index (χ0) is 11.1. The van der Waals surface area contributed by atoms with E-state index in [1.807, 2.05) is 0 Å². The maximum absolute atomic E-state index is 12.2. The molecule has 1 aliphatic rings. The van der Waals surface area contributed by atoms with Crippen molar-refractivity contribution >= 4 is 28.1 Å². The molecule has 0 bridgehead atoms. The number of hydrogen-bond donors (Lipinski definition) is 1. The van der Waals surface area contributed by atoms with Gasteiger partial charge in [0.15, 0.2) is 0 Å². The van der Waals surface area contributed by atoms with E-state index in [1.165, 1.54) is 0 Å². The number of halogens is 4. The molecule has 15 heavy (non-hydrogen) atoms. The molecule has 1 saturated carbocycles. The van der Waals surface area contributed by atoms with Crippen LogP contribution in [0.3, 0.4) is 0 Å². The molecule has 3 nitrogen and oxygen atoms in total. The Balaban J connectivity index is 1.96. The van der Waals surface area contributed by atoms with Crippen molar-refractivity contribution in [3.63, 3.8) is 0 Å². The minimum Gasteiger partial charge on any atom is -0.357 e. The van der Waals surface area contributed by atoms with Gasteiger partial charge in [-0.2, -0.15) is 13.2 Å². The molecule has 0 aliphatic heterocycles. The molecule has 1 aromatic heterocycles. The van der Waals surface area contributed by atoms with Gasteiger partial charge in [0.2, 0.25) is 10.1 Å². The molecule has 0 amide bonds. The summed E-state index contributed by atoms with van der Waals surface area (Å²) in [6.07, 6.45) is -2.91. The smallest absolute Gasteiger partial charge is 0.357 e. The summed E-state index contributed by atoms with van der Waals surface area (Å²) in [5, 5.41) is 8.75. The fourth-order valence-corrected chi connectivity index (χ4v) is 2.35. The molecule has 1 N–H and O–H groups in total. The first kappa shape index (κ1) is 10.9. The van der Waals surface area contributed by atoms with Crippen LogP contribution in [-0.4, -0.2) is 21.6 Å². The van der Waals surface area contributed by atoms with Crippen LogP contribution in [-0.2, 0) is 6.18 Å². The van der Waals surface area contributed by atoms with Crippen molar-refractivity contribution in [2.24, 2.45) is 0 Å². The van der Waals surface area contributed by atoms with E-state index in [2.05, 4.69) is 15.5 Å². The Morgan fingerprint density at radius 1 is 1.33 bits per heavy atom. The second-order valence-corrected chi connectivity index (χ2v) is 4.91. The average molecular weight is 258 g/mol. The summed E-state index contributed by atoms with van der Waals surface area (Å²) in [4.78, 5) is 0. The van der Waals surface area contributed by atoms with E-state index in [0.29, 0.717) is 11.3 Å². The predicted octanol–water partition coefficient (Wildman–Crippen LogP) is 2.74. The molecule has 84 valence electrons. The maximum atomic E-state index is 12.2. The lowest BCUT2D eigenvalue weighted by molar-refractivity contribution is -0.138. The molecule has 0 saturated heterocycles. The molecule has 1 aliphatic carbocycles. The first-order chi connectivity index (χ1) is 6.95. The highest BCUT2D eigenvalue weighted by Crippen LogP contribution is 2.35. The zero-order valence-electron chi connectivity index (χ0n) is 7.38. The SMILES string of the molecule is FC(F)(F)c1nnc(NC2CC(Cl)C2)s1. The minimum atomic E-state index is -4.41. The van der Waals surface area contributed by atoms with Crippen LogP contribution < -0.4 is 5.32 Å². The Labute approximate surface area is 92.6 Å². The standard InChI is InChI=1S/C7H7ClF3N3S/c8-3-1-4(2-3)12-6-14-13-5(15-6)7(9,10)11/h3-4H,1-2H2,(H,12,14). The summed E-state index contributed by atoms with van der Waals surface area (Å²) in [6.45, 7) is 0. The molecule has 8 heteroatoms. The first-order valence-corrected chi connectivity index (χ1v) is 5.52. The van der Waals surface area contributed by atoms with Crippen molar-refractivity contribution in [1.29, 1.82) is 0 Å². The monoisotopic (exact) mass is 257 g/mol. The van der Waals surface area contributed by atoms with Crippen LogP contribution >= 0.6 is 22.9 Å². The van der Waals surface area contributed by atoms with Gasteiger partial charge in [0.25, 0.3) is 0 Å². The van der Waals surface area contributed by atoms with E-state index in [-0.39, 0.29) is 16.6 Å². The third kappa shape index (κ3) is 2.52. The van der Waals surface area contributed by atoms with E-state index < -0.39 is 11.2 Å². The Morgan fingerprint density at radius 3 is 2.47 bits per heavy atom. The molecular formula is C7H7ClF3N3S. The lowest BCUT2D eigenvalue weighted by atomic mass is 9.93. The van der Waals surface area contributed by atoms with Crippen LogP contribution in [0.2, 0.25) is 0 Å². The van der Waals surface area contributed by atoms with Gasteiger partial charge in [-0.3, -0.25) is 0 Å². The van der Waals surface area contributed by atoms with Crippen molar-refractivity contribution in [3.05, 3.63) is 5.01 Å². The number of alkyl halides is 4. The van der Waals surface area contributed by atoms with Gasteiger partial charge in [-0.25, -0.2) is 0 Å². The highest BCUT2D eigenvalue weighted by Gasteiger charge is 2.36. The van der Waals surface area contributed by atoms with Gasteiger partial charge in [0.1, 0.15) is 0 Å². The molecule has 0 aromatic carbocycles. The normalized spacial score (nSPS) is 26.1. The Bertz CT molecular complexity index is 347. The maximum Gasteiger partial charge on any atom is 0.445 e. The Morgan fingerprint density at radius 2 is 2.00 bits per heavy atom. The van der Waals surface area contributed by atoms with Crippen molar-refractivity contribution in [3.8, 4) is 0 Å². The quantitative estimate of drug-likeness (QED) is 0.828. The molecule has 1 heterocycles. The number of nitrogens with zero attached hydrogens (tertiary/aromatic N) is 2. The number of rotatable bonds is 2. The van der Waals surface area contributed by atoms with Gasteiger partial charge in [-0.1, -0.05) is 11.3 Å². The van der Waals surface area contributed by atoms with Crippen LogP contribution in [0, 0.1) is 0 Å². The molecule has 0 atom stereocenters. The van der Waals surface area contributed by atoms with Gasteiger partial charge in [-0.05, 0) is 12.8 Å². The number of anilines is 1. The van der Waals surface area contributed by atoms with Gasteiger partial charge in [0, 0.05) is 11.4 Å². The first-order valence-electron chi connectivity index (χ1n) is 4.26. The fourth-order valence-electron chi connectivity index (χ4n) is 1.24. The van der Waals surface area contributed by atoms with E-state index in [9.17, 15) is 13.2 Å². The van der Waals surface area contributed by atoms with Crippen molar-refractivity contribution in [2.75, 3.05) is 5.32 Å². The molecule has 0 radical (unpaired) electrons. The van der Waals surface area contributed by atoms with Gasteiger partial charge < -0.3 is 5.32 Å². The number of hydrogen-bond acceptors (Lipinski definition) is 4. The van der Waals surface area contributed by atoms with E-state index >= 15 is 0 Å². The van der Waals surface area contributed by atoms with Crippen LogP contribution in [0.5, 0.6) is 0 Å². The second kappa shape index (κ2) is 3.79. The lowest BCUT2D eigenvalue weighted by Crippen LogP contribution is -2.35. The van der Waals surface area contributed by atoms with Crippen LogP contribution in [0.25, 0.3) is 0 Å². The van der Waals surface area contributed by atoms with Crippen molar-refractivity contribution < 1.29 is 13.2 Å². The molecule has 1 fully saturated rings. The summed E-state index contributed by atoms with van der Waals surface area (Å²) in [5.41, 5.74) is 0. The zero-order valence-corrected chi connectivity index (χ0v) is 8.96. The van der Waals surface area contributed by atoms with Crippen molar-refractivity contribution in [1.82, 2.24) is 10.2 Å². The molecule has 2 rings (SSSR count). The highest BCUT2D eigenvalue weighted by atomic mass is 35.5. The largest absolute Gasteiger partial charge is 0.445 e. The van der Waals surface area contributed by atoms with Crippen molar-refractivity contribution in [2.45, 2.75) is 30.4 Å². The van der Waals surface area contributed by atoms with Gasteiger partial charge >= 0.3 is 6.18 Å². The molecule has 1 aromatic rings. The third-order valence-electron chi connectivity index (χ3n) is 2.08. The van der Waals surface area contributed by atoms with Crippen LogP contribution in [0.15, 0.2) is 0 Å². The average Bonchev–Trinajstić information content (AvgIpc) is 2.49. The van der Waals surface area contributed by atoms with Crippen LogP contribution in [0.1, 0.15) is 17.8 Å². The number of nitrogens with one attached hydrogen (secondary N) is 1. The topological polar surface area (TPSA) is 37.8 Å². The lowest BCUT2D eigenvalue weighted by Gasteiger charge is -2.31. The summed E-state index contributed by atoms with van der Waals surface area (Å²) in [5.74, 6) is 0. The van der Waals surface area contributed by atoms with Crippen LogP contribution in [0.4, 0.5) is 18.3 Å². The molecule has 0 spiro atoms. The third-order valence-corrected chi connectivity index (χ3v) is 3.33. The second-order valence-electron chi connectivity index (χ2n) is 3.32. The summed E-state index contributed by atoms with van der Waals surface area (Å²) in [6, 6.07) is 0.126. The van der Waals surface area contributed by atoms with E-state index in [0.717, 1.165) is 12.8 Å². The van der Waals surface area contributed by atoms with E-state index in [1.54, 1.807) is 0 Å². The van der Waals surface area contributed by atoms with E-state index in [4.69, 9.17) is 11.6 Å². The summed E-state index contributed by atoms with van der Waals surface area (Å²) in [7, 11) is 0. The predicted molar refractivity (Wildman–Crippen MR) is 51.2 cm³/mol. The van der Waals surface area contributed by atoms with Gasteiger partial charge in [-0.15, -0.1) is 21.8 Å². The minimum absolute atomic E-state index is 0.123. The fraction of sp³-hybridized carbons (Fsp3) is 0.714. The van der Waals surface area contributed by atoms with Gasteiger partial charge in [0.05, 0.1) is 0 Å². The summed E-state index contributed by atoms with van der Waals surface area (Å²) >= 11 is 6.25. The Kier molecular flexibility index (Phi) is 2.76. The molecular weight excluding hydrogens is 251 g/mol. The summed E-state index contributed by atoms with van der Waals surface area (Å²) < 4.78 is 36.5. The number of aromatic nitrogens is 2. The molecule has 0 unspecified atom stereocenters. The Hall–Kier alpha value is -0.560.